The van der Waals surface area contributed by atoms with Crippen LogP contribution < -0.4 is 15.2 Å². The van der Waals surface area contributed by atoms with Gasteiger partial charge in [-0.1, -0.05) is 0 Å². The molecule has 96 valence electrons. The van der Waals surface area contributed by atoms with Crippen molar-refractivity contribution in [3.8, 4) is 17.6 Å². The van der Waals surface area contributed by atoms with Crippen molar-refractivity contribution in [3.05, 3.63) is 18.1 Å². The third-order valence-electron chi connectivity index (χ3n) is 2.25. The van der Waals surface area contributed by atoms with Gasteiger partial charge in [0.15, 0.2) is 5.69 Å². The molecule has 7 nitrogen and oxygen atoms in total. The van der Waals surface area contributed by atoms with Crippen LogP contribution in [-0.4, -0.2) is 26.4 Å². The molecule has 0 spiro atoms. The number of hydrogen-bond donors (Lipinski definition) is 1. The molecule has 0 radical (unpaired) electrons. The van der Waals surface area contributed by atoms with Gasteiger partial charge in [0, 0.05) is 13.1 Å². The molecule has 0 aliphatic heterocycles. The molecule has 2 aromatic heterocycles. The summed E-state index contributed by atoms with van der Waals surface area (Å²) in [4.78, 5) is 7.92. The maximum Gasteiger partial charge on any atom is 0.251 e. The molecule has 0 atom stereocenters. The normalized spacial score (nSPS) is 10.4. The van der Waals surface area contributed by atoms with Gasteiger partial charge in [-0.25, -0.2) is 4.68 Å². The Morgan fingerprint density at radius 1 is 1.33 bits per heavy atom. The van der Waals surface area contributed by atoms with E-state index in [1.54, 1.807) is 17.8 Å². The molecule has 18 heavy (non-hydrogen) atoms. The minimum absolute atomic E-state index is 0.261. The monoisotopic (exact) mass is 249 g/mol. The SMILES string of the molecule is CCOc1ncnc(Oc2cc(C)nn2C)c1N. The van der Waals surface area contributed by atoms with Gasteiger partial charge in [0.2, 0.25) is 11.8 Å². The third-order valence-corrected chi connectivity index (χ3v) is 2.25. The molecule has 0 saturated heterocycles. The van der Waals surface area contributed by atoms with E-state index in [0.29, 0.717) is 18.4 Å². The Morgan fingerprint density at radius 2 is 2.06 bits per heavy atom. The highest BCUT2D eigenvalue weighted by molar-refractivity contribution is 5.56. The fourth-order valence-corrected chi connectivity index (χ4v) is 1.48. The predicted molar refractivity (Wildman–Crippen MR) is 65.6 cm³/mol. The molecule has 2 rings (SSSR count). The van der Waals surface area contributed by atoms with Gasteiger partial charge in [0.05, 0.1) is 12.3 Å². The van der Waals surface area contributed by atoms with Gasteiger partial charge < -0.3 is 15.2 Å². The van der Waals surface area contributed by atoms with Gasteiger partial charge in [-0.2, -0.15) is 15.1 Å². The van der Waals surface area contributed by atoms with Crippen molar-refractivity contribution in [1.29, 1.82) is 0 Å². The average Bonchev–Trinajstić information content (AvgIpc) is 2.63. The van der Waals surface area contributed by atoms with Crippen LogP contribution in [0, 0.1) is 6.92 Å². The Hall–Kier alpha value is -2.31. The second kappa shape index (κ2) is 4.91. The van der Waals surface area contributed by atoms with Crippen molar-refractivity contribution >= 4 is 5.69 Å². The summed E-state index contributed by atoms with van der Waals surface area (Å²) in [5, 5.41) is 4.17. The Morgan fingerprint density at radius 3 is 2.67 bits per heavy atom. The lowest BCUT2D eigenvalue weighted by atomic mass is 10.5. The number of anilines is 1. The van der Waals surface area contributed by atoms with Crippen LogP contribution in [0.15, 0.2) is 12.4 Å². The van der Waals surface area contributed by atoms with Gasteiger partial charge >= 0.3 is 0 Å². The molecule has 0 unspecified atom stereocenters. The molecule has 2 aromatic rings. The Balaban J connectivity index is 2.29. The zero-order chi connectivity index (χ0) is 13.1. The van der Waals surface area contributed by atoms with E-state index in [-0.39, 0.29) is 11.6 Å². The van der Waals surface area contributed by atoms with Crippen LogP contribution in [0.25, 0.3) is 0 Å². The second-order valence-corrected chi connectivity index (χ2v) is 3.68. The number of hydrogen-bond acceptors (Lipinski definition) is 6. The summed E-state index contributed by atoms with van der Waals surface area (Å²) in [6.07, 6.45) is 1.35. The first kappa shape index (κ1) is 12.2. The first-order valence-corrected chi connectivity index (χ1v) is 5.53. The number of nitrogen functional groups attached to an aromatic ring is 1. The van der Waals surface area contributed by atoms with Crippen LogP contribution in [0.3, 0.4) is 0 Å². The Labute approximate surface area is 105 Å². The largest absolute Gasteiger partial charge is 0.476 e. The molecule has 0 amide bonds. The summed E-state index contributed by atoms with van der Waals surface area (Å²) in [6, 6.07) is 1.79. The topological polar surface area (TPSA) is 88.1 Å². The number of rotatable bonds is 4. The summed E-state index contributed by atoms with van der Waals surface area (Å²) in [6.45, 7) is 4.21. The van der Waals surface area contributed by atoms with Crippen LogP contribution >= 0.6 is 0 Å². The van der Waals surface area contributed by atoms with Crippen molar-refractivity contribution in [2.24, 2.45) is 7.05 Å². The zero-order valence-corrected chi connectivity index (χ0v) is 10.5. The lowest BCUT2D eigenvalue weighted by molar-refractivity contribution is 0.324. The standard InChI is InChI=1S/C11H15N5O2/c1-4-17-10-9(12)11(14-6-13-10)18-8-5-7(2)15-16(8)3/h5-6H,4,12H2,1-3H3. The highest BCUT2D eigenvalue weighted by Crippen LogP contribution is 2.30. The van der Waals surface area contributed by atoms with Crippen LogP contribution in [0.2, 0.25) is 0 Å². The number of nitrogens with two attached hydrogens (primary N) is 1. The zero-order valence-electron chi connectivity index (χ0n) is 10.5. The van der Waals surface area contributed by atoms with Crippen LogP contribution in [0.5, 0.6) is 17.6 Å². The van der Waals surface area contributed by atoms with Crippen molar-refractivity contribution in [2.45, 2.75) is 13.8 Å². The van der Waals surface area contributed by atoms with Crippen LogP contribution in [0.4, 0.5) is 5.69 Å². The predicted octanol–water partition coefficient (Wildman–Crippen LogP) is 1.29. The Bertz CT molecular complexity index is 552. The van der Waals surface area contributed by atoms with E-state index in [9.17, 15) is 0 Å². The summed E-state index contributed by atoms with van der Waals surface area (Å²) < 4.78 is 12.5. The maximum absolute atomic E-state index is 5.87. The molecular weight excluding hydrogens is 234 g/mol. The van der Waals surface area contributed by atoms with Crippen LogP contribution in [-0.2, 0) is 7.05 Å². The fraction of sp³-hybridized carbons (Fsp3) is 0.364. The van der Waals surface area contributed by atoms with E-state index < -0.39 is 0 Å². The third kappa shape index (κ3) is 2.34. The molecule has 2 N–H and O–H groups in total. The van der Waals surface area contributed by atoms with Gasteiger partial charge in [-0.05, 0) is 13.8 Å². The molecule has 0 fully saturated rings. The molecule has 0 saturated carbocycles. The number of ether oxygens (including phenoxy) is 2. The minimum Gasteiger partial charge on any atom is -0.476 e. The van der Waals surface area contributed by atoms with Gasteiger partial charge in [-0.15, -0.1) is 0 Å². The van der Waals surface area contributed by atoms with Gasteiger partial charge in [0.25, 0.3) is 5.88 Å². The van der Waals surface area contributed by atoms with Crippen molar-refractivity contribution < 1.29 is 9.47 Å². The highest BCUT2D eigenvalue weighted by atomic mass is 16.5. The summed E-state index contributed by atoms with van der Waals surface area (Å²) in [7, 11) is 1.78. The molecule has 0 aliphatic rings. The average molecular weight is 249 g/mol. The fourth-order valence-electron chi connectivity index (χ4n) is 1.48. The lowest BCUT2D eigenvalue weighted by Gasteiger charge is -2.09. The molecule has 0 aromatic carbocycles. The number of nitrogens with zero attached hydrogens (tertiary/aromatic N) is 4. The number of aryl methyl sites for hydroxylation is 2. The molecule has 0 aliphatic carbocycles. The first-order chi connectivity index (χ1) is 8.61. The van der Waals surface area contributed by atoms with Crippen molar-refractivity contribution in [1.82, 2.24) is 19.7 Å². The van der Waals surface area contributed by atoms with Gasteiger partial charge in [0.1, 0.15) is 6.33 Å². The number of aromatic nitrogens is 4. The smallest absolute Gasteiger partial charge is 0.251 e. The van der Waals surface area contributed by atoms with E-state index in [0.717, 1.165) is 5.69 Å². The molecule has 2 heterocycles. The van der Waals surface area contributed by atoms with Crippen LogP contribution in [0.1, 0.15) is 12.6 Å². The quantitative estimate of drug-likeness (QED) is 0.878. The van der Waals surface area contributed by atoms with E-state index in [1.165, 1.54) is 6.33 Å². The van der Waals surface area contributed by atoms with E-state index >= 15 is 0 Å². The van der Waals surface area contributed by atoms with E-state index in [4.69, 9.17) is 15.2 Å². The highest BCUT2D eigenvalue weighted by Gasteiger charge is 2.13. The summed E-state index contributed by atoms with van der Waals surface area (Å²) in [5.41, 5.74) is 7.00. The Kier molecular flexibility index (Phi) is 3.31. The summed E-state index contributed by atoms with van der Waals surface area (Å²) in [5.74, 6) is 1.14. The molecule has 7 heteroatoms. The minimum atomic E-state index is 0.261. The van der Waals surface area contributed by atoms with Gasteiger partial charge in [-0.3, -0.25) is 0 Å². The molecule has 0 bridgehead atoms. The molecular formula is C11H15N5O2. The second-order valence-electron chi connectivity index (χ2n) is 3.68. The van der Waals surface area contributed by atoms with E-state index in [1.807, 2.05) is 13.8 Å². The van der Waals surface area contributed by atoms with Crippen molar-refractivity contribution in [3.63, 3.8) is 0 Å². The maximum atomic E-state index is 5.87. The first-order valence-electron chi connectivity index (χ1n) is 5.53. The van der Waals surface area contributed by atoms with E-state index in [2.05, 4.69) is 15.1 Å². The van der Waals surface area contributed by atoms with Crippen molar-refractivity contribution in [2.75, 3.05) is 12.3 Å². The lowest BCUT2D eigenvalue weighted by Crippen LogP contribution is -2.04. The summed E-state index contributed by atoms with van der Waals surface area (Å²) >= 11 is 0.